The summed E-state index contributed by atoms with van der Waals surface area (Å²) >= 11 is 3.10. The number of rotatable bonds is 5. The van der Waals surface area contributed by atoms with E-state index in [4.69, 9.17) is 4.42 Å². The molecule has 0 aliphatic heterocycles. The molecule has 0 saturated carbocycles. The van der Waals surface area contributed by atoms with Crippen molar-refractivity contribution in [3.63, 3.8) is 0 Å². The van der Waals surface area contributed by atoms with Gasteiger partial charge in [-0.3, -0.25) is 5.10 Å². The summed E-state index contributed by atoms with van der Waals surface area (Å²) in [5.74, 6) is 2.63. The molecule has 98 valence electrons. The standard InChI is InChI=1S/C11H11N5OS2/c1-2-8-13-14-9(17-8)6-19-11-12-10(15-16-11)7-4-3-5-18-7/h3-5H,2,6H2,1H3,(H,12,15,16). The summed E-state index contributed by atoms with van der Waals surface area (Å²) in [6.45, 7) is 1.98. The third-order valence-electron chi connectivity index (χ3n) is 2.36. The maximum absolute atomic E-state index is 5.43. The number of hydrogen-bond acceptors (Lipinski definition) is 7. The molecule has 0 bridgehead atoms. The first-order valence-electron chi connectivity index (χ1n) is 5.75. The summed E-state index contributed by atoms with van der Waals surface area (Å²) in [5.41, 5.74) is 0. The molecule has 0 amide bonds. The molecule has 0 radical (unpaired) electrons. The number of aromatic nitrogens is 5. The highest BCUT2D eigenvalue weighted by Crippen LogP contribution is 2.24. The Morgan fingerprint density at radius 2 is 2.26 bits per heavy atom. The number of aromatic amines is 1. The van der Waals surface area contributed by atoms with Crippen LogP contribution in [-0.4, -0.2) is 25.4 Å². The Hall–Kier alpha value is -1.67. The van der Waals surface area contributed by atoms with Crippen molar-refractivity contribution in [1.82, 2.24) is 25.4 Å². The number of thiophene rings is 1. The van der Waals surface area contributed by atoms with Crippen LogP contribution in [0.4, 0.5) is 0 Å². The summed E-state index contributed by atoms with van der Waals surface area (Å²) in [4.78, 5) is 5.49. The Morgan fingerprint density at radius 1 is 1.37 bits per heavy atom. The van der Waals surface area contributed by atoms with Crippen molar-refractivity contribution in [2.24, 2.45) is 0 Å². The average molecular weight is 293 g/mol. The smallest absolute Gasteiger partial charge is 0.226 e. The molecule has 1 N–H and O–H groups in total. The van der Waals surface area contributed by atoms with E-state index in [1.165, 1.54) is 11.8 Å². The topological polar surface area (TPSA) is 80.5 Å². The molecule has 0 aromatic carbocycles. The van der Waals surface area contributed by atoms with Crippen molar-refractivity contribution in [3.8, 4) is 10.7 Å². The first-order chi connectivity index (χ1) is 9.35. The largest absolute Gasteiger partial charge is 0.424 e. The zero-order chi connectivity index (χ0) is 13.1. The Kier molecular flexibility index (Phi) is 3.60. The van der Waals surface area contributed by atoms with Crippen molar-refractivity contribution >= 4 is 23.1 Å². The lowest BCUT2D eigenvalue weighted by Gasteiger charge is -1.90. The van der Waals surface area contributed by atoms with Crippen LogP contribution in [0, 0.1) is 0 Å². The van der Waals surface area contributed by atoms with Gasteiger partial charge in [-0.1, -0.05) is 24.8 Å². The van der Waals surface area contributed by atoms with Crippen molar-refractivity contribution in [2.75, 3.05) is 0 Å². The van der Waals surface area contributed by atoms with E-state index in [0.29, 0.717) is 22.7 Å². The molecule has 0 unspecified atom stereocenters. The van der Waals surface area contributed by atoms with Gasteiger partial charge in [0, 0.05) is 6.42 Å². The van der Waals surface area contributed by atoms with Gasteiger partial charge >= 0.3 is 0 Å². The van der Waals surface area contributed by atoms with E-state index in [0.717, 1.165) is 17.1 Å². The molecule has 0 spiro atoms. The van der Waals surface area contributed by atoms with E-state index in [2.05, 4.69) is 25.4 Å². The highest BCUT2D eigenvalue weighted by Gasteiger charge is 2.09. The van der Waals surface area contributed by atoms with Crippen LogP contribution >= 0.6 is 23.1 Å². The van der Waals surface area contributed by atoms with Gasteiger partial charge in [-0.15, -0.1) is 26.6 Å². The van der Waals surface area contributed by atoms with Crippen molar-refractivity contribution in [1.29, 1.82) is 0 Å². The van der Waals surface area contributed by atoms with Crippen molar-refractivity contribution in [3.05, 3.63) is 29.3 Å². The van der Waals surface area contributed by atoms with Crippen molar-refractivity contribution < 1.29 is 4.42 Å². The maximum Gasteiger partial charge on any atom is 0.226 e. The molecule has 3 rings (SSSR count). The fourth-order valence-corrected chi connectivity index (χ4v) is 2.75. The molecule has 0 aliphatic carbocycles. The minimum Gasteiger partial charge on any atom is -0.424 e. The van der Waals surface area contributed by atoms with Gasteiger partial charge in [0.2, 0.25) is 16.9 Å². The Bertz CT molecular complexity index is 646. The van der Waals surface area contributed by atoms with Crippen molar-refractivity contribution in [2.45, 2.75) is 24.3 Å². The number of H-pyrrole nitrogens is 1. The average Bonchev–Trinajstić information content (AvgIpc) is 3.16. The third kappa shape index (κ3) is 2.85. The fourth-order valence-electron chi connectivity index (χ4n) is 1.45. The molecule has 3 heterocycles. The Labute approximate surface area is 117 Å². The van der Waals surface area contributed by atoms with Gasteiger partial charge in [-0.2, -0.15) is 0 Å². The van der Waals surface area contributed by atoms with E-state index in [1.54, 1.807) is 11.3 Å². The highest BCUT2D eigenvalue weighted by molar-refractivity contribution is 7.98. The van der Waals surface area contributed by atoms with Gasteiger partial charge in [0.15, 0.2) is 5.82 Å². The van der Waals surface area contributed by atoms with Gasteiger partial charge in [0.1, 0.15) is 0 Å². The van der Waals surface area contributed by atoms with E-state index in [9.17, 15) is 0 Å². The van der Waals surface area contributed by atoms with E-state index < -0.39 is 0 Å². The number of nitrogens with zero attached hydrogens (tertiary/aromatic N) is 4. The normalized spacial score (nSPS) is 11.0. The molecule has 3 aromatic heterocycles. The Balaban J connectivity index is 1.64. The summed E-state index contributed by atoms with van der Waals surface area (Å²) < 4.78 is 5.43. The predicted octanol–water partition coefficient (Wildman–Crippen LogP) is 2.77. The van der Waals surface area contributed by atoms with Gasteiger partial charge in [0.25, 0.3) is 0 Å². The molecule has 0 atom stereocenters. The van der Waals surface area contributed by atoms with Crippen LogP contribution in [0.3, 0.4) is 0 Å². The van der Waals surface area contributed by atoms with Gasteiger partial charge in [0.05, 0.1) is 10.6 Å². The molecule has 8 heteroatoms. The van der Waals surface area contributed by atoms with E-state index in [1.807, 2.05) is 24.4 Å². The predicted molar refractivity (Wildman–Crippen MR) is 72.9 cm³/mol. The van der Waals surface area contributed by atoms with Gasteiger partial charge < -0.3 is 4.42 Å². The van der Waals surface area contributed by atoms with Crippen LogP contribution in [0.5, 0.6) is 0 Å². The number of nitrogens with one attached hydrogen (secondary N) is 1. The fraction of sp³-hybridized carbons (Fsp3) is 0.273. The lowest BCUT2D eigenvalue weighted by Crippen LogP contribution is -1.82. The SMILES string of the molecule is CCc1nnc(CSc2n[nH]c(-c3cccs3)n2)o1. The first kappa shape index (κ1) is 12.4. The highest BCUT2D eigenvalue weighted by atomic mass is 32.2. The maximum atomic E-state index is 5.43. The van der Waals surface area contributed by atoms with E-state index >= 15 is 0 Å². The lowest BCUT2D eigenvalue weighted by atomic mass is 10.4. The Morgan fingerprint density at radius 3 is 3.00 bits per heavy atom. The number of hydrogen-bond donors (Lipinski definition) is 1. The second-order valence-corrected chi connectivity index (χ2v) is 5.57. The molecular formula is C11H11N5OS2. The summed E-state index contributed by atoms with van der Waals surface area (Å²) in [7, 11) is 0. The number of aryl methyl sites for hydroxylation is 1. The molecule has 0 fully saturated rings. The molecule has 19 heavy (non-hydrogen) atoms. The summed E-state index contributed by atoms with van der Waals surface area (Å²) in [6, 6.07) is 3.99. The third-order valence-corrected chi connectivity index (χ3v) is 4.06. The van der Waals surface area contributed by atoms with Crippen LogP contribution in [0.1, 0.15) is 18.7 Å². The van der Waals surface area contributed by atoms with Crippen LogP contribution in [0.25, 0.3) is 10.7 Å². The summed E-state index contributed by atoms with van der Waals surface area (Å²) in [6.07, 6.45) is 0.751. The first-order valence-corrected chi connectivity index (χ1v) is 7.62. The van der Waals surface area contributed by atoms with Gasteiger partial charge in [-0.25, -0.2) is 4.98 Å². The second kappa shape index (κ2) is 5.54. The number of thioether (sulfide) groups is 1. The monoisotopic (exact) mass is 293 g/mol. The van der Waals surface area contributed by atoms with Crippen LogP contribution in [0.15, 0.2) is 27.1 Å². The molecular weight excluding hydrogens is 282 g/mol. The van der Waals surface area contributed by atoms with E-state index in [-0.39, 0.29) is 0 Å². The summed E-state index contributed by atoms with van der Waals surface area (Å²) in [5, 5.41) is 17.6. The minimum atomic E-state index is 0.578. The molecule has 0 aliphatic rings. The zero-order valence-corrected chi connectivity index (χ0v) is 11.8. The van der Waals surface area contributed by atoms with Crippen LogP contribution < -0.4 is 0 Å². The molecule has 6 nitrogen and oxygen atoms in total. The second-order valence-electron chi connectivity index (χ2n) is 3.68. The molecule has 3 aromatic rings. The lowest BCUT2D eigenvalue weighted by molar-refractivity contribution is 0.470. The van der Waals surface area contributed by atoms with Crippen LogP contribution in [0.2, 0.25) is 0 Å². The van der Waals surface area contributed by atoms with Gasteiger partial charge in [-0.05, 0) is 11.4 Å². The molecule has 0 saturated heterocycles. The minimum absolute atomic E-state index is 0.578. The zero-order valence-electron chi connectivity index (χ0n) is 10.2. The van der Waals surface area contributed by atoms with Crippen LogP contribution in [-0.2, 0) is 12.2 Å². The quantitative estimate of drug-likeness (QED) is 0.729.